The minimum absolute atomic E-state index is 0.00441. The molecule has 1 heterocycles. The quantitative estimate of drug-likeness (QED) is 0.397. The summed E-state index contributed by atoms with van der Waals surface area (Å²) in [5.41, 5.74) is 2.17. The van der Waals surface area contributed by atoms with Gasteiger partial charge in [-0.3, -0.25) is 14.7 Å². The molecule has 13 heteroatoms. The molecule has 2 amide bonds. The summed E-state index contributed by atoms with van der Waals surface area (Å²) >= 11 is 12.0. The van der Waals surface area contributed by atoms with Gasteiger partial charge in [0, 0.05) is 30.7 Å². The zero-order valence-corrected chi connectivity index (χ0v) is 22.7. The Hall–Kier alpha value is -2.70. The van der Waals surface area contributed by atoms with Crippen LogP contribution >= 0.6 is 23.2 Å². The SMILES string of the molecule is Cc1cc(S(=O)(=O)CNCCOCC(=O)N(C)Cc2ccc(C3=NCCN3C(=O)O)cc2)c(Cl)cc1Cl. The number of aryl methyl sites for hydroxylation is 1. The zero-order valence-electron chi connectivity index (χ0n) is 20.4. The first-order valence-corrected chi connectivity index (χ1v) is 13.8. The fourth-order valence-corrected chi connectivity index (χ4v) is 5.59. The van der Waals surface area contributed by atoms with Crippen molar-refractivity contribution in [1.82, 2.24) is 15.1 Å². The van der Waals surface area contributed by atoms with Gasteiger partial charge in [0.15, 0.2) is 9.84 Å². The van der Waals surface area contributed by atoms with Crippen LogP contribution in [0.3, 0.4) is 0 Å². The average molecular weight is 571 g/mol. The number of benzene rings is 2. The summed E-state index contributed by atoms with van der Waals surface area (Å²) in [6.07, 6.45) is -1.04. The highest BCUT2D eigenvalue weighted by Crippen LogP contribution is 2.28. The highest BCUT2D eigenvalue weighted by Gasteiger charge is 2.24. The second-order valence-corrected chi connectivity index (χ2v) is 11.2. The normalized spacial score (nSPS) is 13.5. The number of carbonyl (C=O) groups excluding carboxylic acids is 1. The second kappa shape index (κ2) is 12.7. The van der Waals surface area contributed by atoms with E-state index >= 15 is 0 Å². The van der Waals surface area contributed by atoms with E-state index in [0.717, 1.165) is 5.56 Å². The standard InChI is InChI=1S/C24H28Cl2N4O6S/c1-16-11-21(20(26)12-19(16)25)37(34,35)15-27-8-10-36-14-22(31)29(2)13-17-3-5-18(6-4-17)23-28-7-9-30(23)24(32)33/h3-6,11-12,27H,7-10,13-15H2,1-2H3,(H,32,33). The largest absolute Gasteiger partial charge is 0.465 e. The maximum absolute atomic E-state index is 12.5. The summed E-state index contributed by atoms with van der Waals surface area (Å²) in [4.78, 5) is 30.7. The number of likely N-dealkylation sites (N-methyl/N-ethyl adjacent to an activating group) is 1. The van der Waals surface area contributed by atoms with Crippen LogP contribution in [0.1, 0.15) is 16.7 Å². The molecule has 2 N–H and O–H groups in total. The molecule has 0 saturated heterocycles. The number of sulfone groups is 1. The van der Waals surface area contributed by atoms with Gasteiger partial charge in [0.1, 0.15) is 18.3 Å². The lowest BCUT2D eigenvalue weighted by molar-refractivity contribution is -0.135. The van der Waals surface area contributed by atoms with Crippen molar-refractivity contribution in [2.24, 2.45) is 4.99 Å². The minimum Gasteiger partial charge on any atom is -0.465 e. The van der Waals surface area contributed by atoms with Crippen LogP contribution in [0, 0.1) is 6.92 Å². The van der Waals surface area contributed by atoms with E-state index in [4.69, 9.17) is 27.9 Å². The van der Waals surface area contributed by atoms with Gasteiger partial charge in [-0.25, -0.2) is 13.2 Å². The number of carboxylic acid groups (broad SMARTS) is 1. The van der Waals surface area contributed by atoms with Crippen LogP contribution in [0.15, 0.2) is 46.3 Å². The molecule has 1 aliphatic heterocycles. The molecule has 0 bridgehead atoms. The Kier molecular flexibility index (Phi) is 9.91. The number of hydrogen-bond acceptors (Lipinski definition) is 7. The fraction of sp³-hybridized carbons (Fsp3) is 0.375. The average Bonchev–Trinajstić information content (AvgIpc) is 3.34. The van der Waals surface area contributed by atoms with E-state index in [9.17, 15) is 23.1 Å². The monoisotopic (exact) mass is 570 g/mol. The molecule has 0 atom stereocenters. The molecule has 37 heavy (non-hydrogen) atoms. The summed E-state index contributed by atoms with van der Waals surface area (Å²) < 4.78 is 30.5. The Bertz CT molecular complexity index is 1280. The van der Waals surface area contributed by atoms with Crippen molar-refractivity contribution in [3.63, 3.8) is 0 Å². The maximum Gasteiger partial charge on any atom is 0.413 e. The lowest BCUT2D eigenvalue weighted by Crippen LogP contribution is -2.33. The van der Waals surface area contributed by atoms with E-state index in [-0.39, 0.29) is 41.5 Å². The van der Waals surface area contributed by atoms with E-state index in [0.29, 0.717) is 41.6 Å². The molecular formula is C24H28Cl2N4O6S. The first-order chi connectivity index (χ1) is 17.5. The minimum atomic E-state index is -3.67. The van der Waals surface area contributed by atoms with Crippen molar-refractivity contribution in [2.45, 2.75) is 18.4 Å². The Morgan fingerprint density at radius 2 is 1.89 bits per heavy atom. The highest BCUT2D eigenvalue weighted by molar-refractivity contribution is 7.91. The molecule has 200 valence electrons. The van der Waals surface area contributed by atoms with Crippen molar-refractivity contribution in [3.05, 3.63) is 63.1 Å². The maximum atomic E-state index is 12.5. The first-order valence-electron chi connectivity index (χ1n) is 11.3. The Morgan fingerprint density at radius 3 is 2.57 bits per heavy atom. The number of rotatable bonds is 11. The summed E-state index contributed by atoms with van der Waals surface area (Å²) in [7, 11) is -2.02. The highest BCUT2D eigenvalue weighted by atomic mass is 35.5. The number of nitrogens with one attached hydrogen (secondary N) is 1. The lowest BCUT2D eigenvalue weighted by Gasteiger charge is -2.18. The van der Waals surface area contributed by atoms with Gasteiger partial charge in [-0.15, -0.1) is 0 Å². The topological polar surface area (TPSA) is 129 Å². The molecule has 2 aromatic rings. The van der Waals surface area contributed by atoms with E-state index in [1.807, 2.05) is 12.1 Å². The molecule has 0 saturated carbocycles. The van der Waals surface area contributed by atoms with E-state index in [1.165, 1.54) is 21.9 Å². The van der Waals surface area contributed by atoms with Crippen LogP contribution in [-0.2, 0) is 25.9 Å². The molecule has 0 aliphatic carbocycles. The Labute approximate surface area is 225 Å². The van der Waals surface area contributed by atoms with Crippen LogP contribution in [0.2, 0.25) is 10.0 Å². The Balaban J connectivity index is 1.39. The van der Waals surface area contributed by atoms with Crippen molar-refractivity contribution in [2.75, 3.05) is 45.8 Å². The molecule has 0 aromatic heterocycles. The number of nitrogens with zero attached hydrogens (tertiary/aromatic N) is 3. The van der Waals surface area contributed by atoms with Crippen molar-refractivity contribution in [1.29, 1.82) is 0 Å². The van der Waals surface area contributed by atoms with Crippen LogP contribution in [-0.4, -0.2) is 86.9 Å². The van der Waals surface area contributed by atoms with Crippen LogP contribution in [0.5, 0.6) is 0 Å². The number of aliphatic imine (C=N–C) groups is 1. The van der Waals surface area contributed by atoms with Crippen molar-refractivity contribution in [3.8, 4) is 0 Å². The number of amidine groups is 1. The van der Waals surface area contributed by atoms with Crippen LogP contribution in [0.4, 0.5) is 4.79 Å². The summed E-state index contributed by atoms with van der Waals surface area (Å²) in [5.74, 6) is -0.153. The van der Waals surface area contributed by atoms with Crippen LogP contribution < -0.4 is 5.32 Å². The third kappa shape index (κ3) is 7.65. The summed E-state index contributed by atoms with van der Waals surface area (Å²) in [6, 6.07) is 10.0. The molecule has 0 radical (unpaired) electrons. The molecule has 3 rings (SSSR count). The van der Waals surface area contributed by atoms with Gasteiger partial charge in [0.25, 0.3) is 0 Å². The molecule has 0 fully saturated rings. The zero-order chi connectivity index (χ0) is 27.2. The molecule has 10 nitrogen and oxygen atoms in total. The summed E-state index contributed by atoms with van der Waals surface area (Å²) in [5, 5.41) is 12.5. The number of ether oxygens (including phenoxy) is 1. The molecule has 2 aromatic carbocycles. The summed E-state index contributed by atoms with van der Waals surface area (Å²) in [6.45, 7) is 3.01. The third-order valence-electron chi connectivity index (χ3n) is 5.62. The molecular weight excluding hydrogens is 543 g/mol. The second-order valence-electron chi connectivity index (χ2n) is 8.43. The van der Waals surface area contributed by atoms with Gasteiger partial charge in [0.2, 0.25) is 5.91 Å². The van der Waals surface area contributed by atoms with Gasteiger partial charge in [-0.1, -0.05) is 47.5 Å². The van der Waals surface area contributed by atoms with E-state index < -0.39 is 15.9 Å². The molecule has 1 aliphatic rings. The Morgan fingerprint density at radius 1 is 1.19 bits per heavy atom. The predicted octanol–water partition coefficient (Wildman–Crippen LogP) is 3.04. The number of halogens is 2. The number of carbonyl (C=O) groups is 2. The molecule has 0 spiro atoms. The van der Waals surface area contributed by atoms with Gasteiger partial charge >= 0.3 is 6.09 Å². The van der Waals surface area contributed by atoms with E-state index in [1.54, 1.807) is 26.1 Å². The van der Waals surface area contributed by atoms with Gasteiger partial charge in [-0.05, 0) is 30.2 Å². The molecule has 0 unspecified atom stereocenters. The fourth-order valence-electron chi connectivity index (χ4n) is 3.57. The number of amides is 2. The van der Waals surface area contributed by atoms with E-state index in [2.05, 4.69) is 10.3 Å². The third-order valence-corrected chi connectivity index (χ3v) is 8.04. The first kappa shape index (κ1) is 28.9. The lowest BCUT2D eigenvalue weighted by atomic mass is 10.1. The van der Waals surface area contributed by atoms with Gasteiger partial charge in [0.05, 0.1) is 29.6 Å². The van der Waals surface area contributed by atoms with Crippen molar-refractivity contribution >= 4 is 50.9 Å². The van der Waals surface area contributed by atoms with Gasteiger partial charge in [-0.2, -0.15) is 0 Å². The van der Waals surface area contributed by atoms with Crippen molar-refractivity contribution < 1.29 is 27.9 Å². The van der Waals surface area contributed by atoms with Crippen LogP contribution in [0.25, 0.3) is 0 Å². The predicted molar refractivity (Wildman–Crippen MR) is 141 cm³/mol. The smallest absolute Gasteiger partial charge is 0.413 e. The number of hydrogen-bond donors (Lipinski definition) is 2. The van der Waals surface area contributed by atoms with Gasteiger partial charge < -0.3 is 20.1 Å².